The molecule has 0 saturated heterocycles. The summed E-state index contributed by atoms with van der Waals surface area (Å²) in [6, 6.07) is 12.9. The van der Waals surface area contributed by atoms with Gasteiger partial charge >= 0.3 is 12.3 Å². The summed E-state index contributed by atoms with van der Waals surface area (Å²) in [5.41, 5.74) is 0.945. The van der Waals surface area contributed by atoms with Crippen LogP contribution in [0.4, 0.5) is 23.7 Å². The first-order chi connectivity index (χ1) is 17.2. The molecule has 1 aliphatic rings. The van der Waals surface area contributed by atoms with Gasteiger partial charge in [-0.1, -0.05) is 49.6 Å². The number of hydrogen-bond acceptors (Lipinski definition) is 3. The van der Waals surface area contributed by atoms with Crippen molar-refractivity contribution in [1.82, 2.24) is 9.88 Å². The molecule has 4 rings (SSSR count). The number of anilines is 1. The molecule has 1 aliphatic carbocycles. The van der Waals surface area contributed by atoms with E-state index in [0.29, 0.717) is 34.8 Å². The number of aromatic nitrogens is 1. The van der Waals surface area contributed by atoms with E-state index >= 15 is 0 Å². The van der Waals surface area contributed by atoms with E-state index in [1.54, 1.807) is 48.1 Å². The summed E-state index contributed by atoms with van der Waals surface area (Å²) in [5, 5.41) is 5.58. The lowest BCUT2D eigenvalue weighted by molar-refractivity contribution is -0.137. The monoisotopic (exact) mass is 499 g/mol. The van der Waals surface area contributed by atoms with Gasteiger partial charge in [0.05, 0.1) is 11.3 Å². The molecule has 2 N–H and O–H groups in total. The van der Waals surface area contributed by atoms with Crippen LogP contribution < -0.4 is 15.4 Å². The zero-order chi connectivity index (χ0) is 25.7. The Labute approximate surface area is 207 Å². The van der Waals surface area contributed by atoms with Crippen LogP contribution in [-0.2, 0) is 13.2 Å². The van der Waals surface area contributed by atoms with Crippen LogP contribution in [0.5, 0.6) is 5.88 Å². The van der Waals surface area contributed by atoms with Gasteiger partial charge in [0.25, 0.3) is 5.91 Å². The van der Waals surface area contributed by atoms with E-state index in [4.69, 9.17) is 4.74 Å². The molecule has 0 bridgehead atoms. The lowest BCUT2D eigenvalue weighted by atomic mass is 9.89. The van der Waals surface area contributed by atoms with Crippen molar-refractivity contribution in [3.63, 3.8) is 0 Å². The molecule has 0 atom stereocenters. The first-order valence-electron chi connectivity index (χ1n) is 11.9. The second-order valence-corrected chi connectivity index (χ2v) is 9.03. The molecular weight excluding hydrogens is 471 g/mol. The van der Waals surface area contributed by atoms with Gasteiger partial charge in [0, 0.05) is 31.4 Å². The number of nitrogens with zero attached hydrogens (tertiary/aromatic N) is 1. The molecule has 0 spiro atoms. The number of aryl methyl sites for hydroxylation is 1. The Morgan fingerprint density at radius 1 is 1.03 bits per heavy atom. The van der Waals surface area contributed by atoms with Crippen molar-refractivity contribution in [3.8, 4) is 17.0 Å². The Morgan fingerprint density at radius 2 is 1.72 bits per heavy atom. The number of amides is 2. The van der Waals surface area contributed by atoms with Crippen molar-refractivity contribution < 1.29 is 27.5 Å². The van der Waals surface area contributed by atoms with E-state index in [9.17, 15) is 22.8 Å². The van der Waals surface area contributed by atoms with Crippen molar-refractivity contribution >= 4 is 17.7 Å². The van der Waals surface area contributed by atoms with Crippen LogP contribution in [0.25, 0.3) is 11.1 Å². The maximum atomic E-state index is 13.0. The molecule has 1 heterocycles. The number of carbonyl (C=O) groups excluding carboxylic acids is 2. The van der Waals surface area contributed by atoms with E-state index in [-0.39, 0.29) is 5.88 Å². The fourth-order valence-corrected chi connectivity index (χ4v) is 4.43. The molecule has 1 aromatic heterocycles. The van der Waals surface area contributed by atoms with Gasteiger partial charge in [-0.3, -0.25) is 4.79 Å². The van der Waals surface area contributed by atoms with Crippen LogP contribution in [0, 0.1) is 5.92 Å². The van der Waals surface area contributed by atoms with E-state index in [1.807, 2.05) is 0 Å². The number of halogens is 3. The molecule has 3 aromatic rings. The summed E-state index contributed by atoms with van der Waals surface area (Å²) in [4.78, 5) is 25.3. The maximum Gasteiger partial charge on any atom is 0.416 e. The summed E-state index contributed by atoms with van der Waals surface area (Å²) in [6.45, 7) is 0.577. The number of nitrogens with one attached hydrogen (secondary N) is 2. The summed E-state index contributed by atoms with van der Waals surface area (Å²) in [6.07, 6.45) is 2.45. The van der Waals surface area contributed by atoms with Crippen LogP contribution in [0.3, 0.4) is 0 Å². The minimum Gasteiger partial charge on any atom is -0.393 e. The molecule has 190 valence electrons. The minimum absolute atomic E-state index is 0.266. The number of ether oxygens (including phenoxy) is 1. The van der Waals surface area contributed by atoms with Gasteiger partial charge in [-0.25, -0.2) is 4.79 Å². The number of rotatable bonds is 6. The van der Waals surface area contributed by atoms with Crippen molar-refractivity contribution in [1.29, 1.82) is 0 Å². The standard InChI is InChI=1S/C27H28F3N3O3/c1-33-17-21(15-24(33)36-26(35)31-16-18-7-3-2-4-8-18)32-25(34)23-10-6-5-9-22(23)19-11-13-20(14-12-19)27(28,29)30/h5-6,9-15,17-18H,2-4,7-8,16H2,1H3,(H,31,35)(H,32,34). The Bertz CT molecular complexity index is 1210. The highest BCUT2D eigenvalue weighted by Gasteiger charge is 2.30. The maximum absolute atomic E-state index is 13.0. The smallest absolute Gasteiger partial charge is 0.393 e. The van der Waals surface area contributed by atoms with E-state index < -0.39 is 23.7 Å². The molecule has 2 aromatic carbocycles. The number of carbonyl (C=O) groups is 2. The van der Waals surface area contributed by atoms with Gasteiger partial charge in [-0.15, -0.1) is 0 Å². The van der Waals surface area contributed by atoms with Crippen LogP contribution in [0.15, 0.2) is 60.8 Å². The zero-order valence-electron chi connectivity index (χ0n) is 19.9. The molecule has 2 amide bonds. The third-order valence-corrected chi connectivity index (χ3v) is 6.37. The molecular formula is C27H28F3N3O3. The van der Waals surface area contributed by atoms with E-state index in [1.165, 1.54) is 31.4 Å². The van der Waals surface area contributed by atoms with Crippen molar-refractivity contribution in [2.24, 2.45) is 13.0 Å². The SMILES string of the molecule is Cn1cc(NC(=O)c2ccccc2-c2ccc(C(F)(F)F)cc2)cc1OC(=O)NCC1CCCCC1. The molecule has 36 heavy (non-hydrogen) atoms. The van der Waals surface area contributed by atoms with Crippen molar-refractivity contribution in [3.05, 3.63) is 71.9 Å². The highest BCUT2D eigenvalue weighted by molar-refractivity contribution is 6.08. The third-order valence-electron chi connectivity index (χ3n) is 6.37. The lowest BCUT2D eigenvalue weighted by Gasteiger charge is -2.21. The minimum atomic E-state index is -4.44. The summed E-state index contributed by atoms with van der Waals surface area (Å²) >= 11 is 0. The van der Waals surface area contributed by atoms with Gasteiger partial charge in [0.2, 0.25) is 5.88 Å². The van der Waals surface area contributed by atoms with Crippen LogP contribution in [-0.4, -0.2) is 23.1 Å². The Hall–Kier alpha value is -3.75. The number of benzene rings is 2. The Kier molecular flexibility index (Phi) is 7.67. The molecule has 6 nitrogen and oxygen atoms in total. The third kappa shape index (κ3) is 6.27. The molecule has 9 heteroatoms. The number of hydrogen-bond donors (Lipinski definition) is 2. The normalized spacial score (nSPS) is 14.3. The van der Waals surface area contributed by atoms with Crippen molar-refractivity contribution in [2.45, 2.75) is 38.3 Å². The van der Waals surface area contributed by atoms with Gasteiger partial charge < -0.3 is 19.9 Å². The highest BCUT2D eigenvalue weighted by Crippen LogP contribution is 2.32. The van der Waals surface area contributed by atoms with Crippen LogP contribution in [0.2, 0.25) is 0 Å². The topological polar surface area (TPSA) is 72.4 Å². The second kappa shape index (κ2) is 10.9. The molecule has 1 saturated carbocycles. The average Bonchev–Trinajstić information content (AvgIpc) is 3.21. The fourth-order valence-electron chi connectivity index (χ4n) is 4.43. The van der Waals surface area contributed by atoms with Gasteiger partial charge in [0.15, 0.2) is 0 Å². The molecule has 0 radical (unpaired) electrons. The zero-order valence-corrected chi connectivity index (χ0v) is 19.9. The summed E-state index contributed by atoms with van der Waals surface area (Å²) < 4.78 is 45.7. The first-order valence-corrected chi connectivity index (χ1v) is 11.9. The lowest BCUT2D eigenvalue weighted by Crippen LogP contribution is -2.32. The van der Waals surface area contributed by atoms with E-state index in [2.05, 4.69) is 10.6 Å². The van der Waals surface area contributed by atoms with E-state index in [0.717, 1.165) is 25.0 Å². The van der Waals surface area contributed by atoms with Gasteiger partial charge in [-0.2, -0.15) is 13.2 Å². The summed E-state index contributed by atoms with van der Waals surface area (Å²) in [5.74, 6) is 0.297. The number of alkyl halides is 3. The van der Waals surface area contributed by atoms with Crippen molar-refractivity contribution in [2.75, 3.05) is 11.9 Å². The highest BCUT2D eigenvalue weighted by atomic mass is 19.4. The Balaban J connectivity index is 1.42. The summed E-state index contributed by atoms with van der Waals surface area (Å²) in [7, 11) is 1.69. The van der Waals surface area contributed by atoms with Crippen LogP contribution >= 0.6 is 0 Å². The largest absolute Gasteiger partial charge is 0.416 e. The predicted molar refractivity (Wildman–Crippen MR) is 131 cm³/mol. The molecule has 1 fully saturated rings. The second-order valence-electron chi connectivity index (χ2n) is 9.03. The molecule has 0 unspecified atom stereocenters. The van der Waals surface area contributed by atoms with Gasteiger partial charge in [0.1, 0.15) is 0 Å². The first kappa shape index (κ1) is 25.3. The van der Waals surface area contributed by atoms with Gasteiger partial charge in [-0.05, 0) is 48.1 Å². The molecule has 0 aliphatic heterocycles. The average molecular weight is 500 g/mol. The quantitative estimate of drug-likeness (QED) is 0.400. The fraction of sp³-hybridized carbons (Fsp3) is 0.333. The predicted octanol–water partition coefficient (Wildman–Crippen LogP) is 6.63. The van der Waals surface area contributed by atoms with Crippen LogP contribution in [0.1, 0.15) is 48.0 Å². The Morgan fingerprint density at radius 3 is 2.42 bits per heavy atom.